The standard InChI is InChI=1S/C30H37NO8/c1-3-4-14-5-7-15(8-6-14)11-16-9-10-17-13(2)20-23(26(35)21(17)24(16)33)28(37)30(39)18(25(20)34)12-19(32)22(27(30)36)29(31)38/h9-10,13-15,18,20,25,33-36,39H,3-8,11-12H2,1-2H3,(H2,31,38)/t13-,14?,15?,18+,20+,25+,30+/m0/s1. The van der Waals surface area contributed by atoms with Crippen LogP contribution < -0.4 is 5.73 Å². The Kier molecular flexibility index (Phi) is 6.87. The van der Waals surface area contributed by atoms with Crippen molar-refractivity contribution in [3.63, 3.8) is 0 Å². The average molecular weight is 540 g/mol. The van der Waals surface area contributed by atoms with Gasteiger partial charge in [0.2, 0.25) is 5.78 Å². The van der Waals surface area contributed by atoms with Gasteiger partial charge in [-0.05, 0) is 48.1 Å². The monoisotopic (exact) mass is 539 g/mol. The normalized spacial score (nSPS) is 34.5. The smallest absolute Gasteiger partial charge is 0.255 e. The van der Waals surface area contributed by atoms with Crippen LogP contribution in [-0.4, -0.2) is 54.7 Å². The first-order valence-corrected chi connectivity index (χ1v) is 13.9. The Morgan fingerprint density at radius 1 is 1.08 bits per heavy atom. The van der Waals surface area contributed by atoms with Crippen molar-refractivity contribution in [3.05, 3.63) is 45.7 Å². The minimum Gasteiger partial charge on any atom is -0.508 e. The van der Waals surface area contributed by atoms with Crippen LogP contribution in [0.5, 0.6) is 5.75 Å². The van der Waals surface area contributed by atoms with Crippen LogP contribution in [0, 0.1) is 23.7 Å². The number of hydrogen-bond donors (Lipinski definition) is 6. The number of nitrogens with two attached hydrogens (primary N) is 1. The van der Waals surface area contributed by atoms with Gasteiger partial charge < -0.3 is 31.3 Å². The topological polar surface area (TPSA) is 178 Å². The number of amides is 1. The molecule has 0 bridgehead atoms. The van der Waals surface area contributed by atoms with Crippen molar-refractivity contribution < 1.29 is 39.9 Å². The maximum absolute atomic E-state index is 13.8. The van der Waals surface area contributed by atoms with Gasteiger partial charge in [0.15, 0.2) is 11.4 Å². The second-order valence-corrected chi connectivity index (χ2v) is 11.9. The van der Waals surface area contributed by atoms with E-state index in [1.807, 2.05) is 6.07 Å². The van der Waals surface area contributed by atoms with E-state index >= 15 is 0 Å². The van der Waals surface area contributed by atoms with E-state index in [1.165, 1.54) is 12.8 Å². The van der Waals surface area contributed by atoms with Crippen LogP contribution >= 0.6 is 0 Å². The maximum Gasteiger partial charge on any atom is 0.255 e. The molecule has 2 saturated carbocycles. The first-order chi connectivity index (χ1) is 18.4. The lowest BCUT2D eigenvalue weighted by molar-refractivity contribution is -0.160. The Hall–Kier alpha value is -3.17. The van der Waals surface area contributed by atoms with E-state index in [-0.39, 0.29) is 16.9 Å². The van der Waals surface area contributed by atoms with Crippen LogP contribution in [0.1, 0.15) is 81.4 Å². The summed E-state index contributed by atoms with van der Waals surface area (Å²) in [6, 6.07) is 3.61. The van der Waals surface area contributed by atoms with Crippen LogP contribution in [-0.2, 0) is 20.8 Å². The van der Waals surface area contributed by atoms with Crippen molar-refractivity contribution in [2.75, 3.05) is 0 Å². The first kappa shape index (κ1) is 27.4. The fourth-order valence-corrected chi connectivity index (χ4v) is 7.65. The second-order valence-electron chi connectivity index (χ2n) is 11.9. The Labute approximate surface area is 227 Å². The summed E-state index contributed by atoms with van der Waals surface area (Å²) >= 11 is 0. The minimum atomic E-state index is -2.82. The van der Waals surface area contributed by atoms with E-state index in [4.69, 9.17) is 5.73 Å². The number of hydrogen-bond acceptors (Lipinski definition) is 8. The number of benzene rings is 1. The van der Waals surface area contributed by atoms with E-state index in [0.29, 0.717) is 23.5 Å². The minimum absolute atomic E-state index is 0.0685. The van der Waals surface area contributed by atoms with Crippen molar-refractivity contribution in [3.8, 4) is 5.75 Å². The van der Waals surface area contributed by atoms with E-state index in [0.717, 1.165) is 31.6 Å². The summed E-state index contributed by atoms with van der Waals surface area (Å²) in [6.07, 6.45) is 5.32. The molecule has 0 heterocycles. The highest BCUT2D eigenvalue weighted by molar-refractivity contribution is 6.23. The molecule has 0 saturated heterocycles. The fraction of sp³-hybridized carbons (Fsp3) is 0.567. The van der Waals surface area contributed by atoms with Gasteiger partial charge in [-0.3, -0.25) is 14.4 Å². The quantitative estimate of drug-likeness (QED) is 0.309. The number of phenols is 1. The van der Waals surface area contributed by atoms with Gasteiger partial charge in [-0.25, -0.2) is 0 Å². The van der Waals surface area contributed by atoms with Gasteiger partial charge in [0.1, 0.15) is 22.8 Å². The van der Waals surface area contributed by atoms with Gasteiger partial charge in [0.25, 0.3) is 5.91 Å². The molecular formula is C30H37NO8. The zero-order chi connectivity index (χ0) is 28.4. The molecule has 9 heteroatoms. The zero-order valence-electron chi connectivity index (χ0n) is 22.3. The van der Waals surface area contributed by atoms with E-state index in [1.54, 1.807) is 13.0 Å². The molecule has 39 heavy (non-hydrogen) atoms. The Bertz CT molecular complexity index is 1300. The third-order valence-corrected chi connectivity index (χ3v) is 9.76. The van der Waals surface area contributed by atoms with E-state index in [9.17, 15) is 39.9 Å². The van der Waals surface area contributed by atoms with Crippen molar-refractivity contribution in [1.29, 1.82) is 0 Å². The Morgan fingerprint density at radius 3 is 2.33 bits per heavy atom. The number of phenolic OH excluding ortho intramolecular Hbond substituents is 1. The summed E-state index contributed by atoms with van der Waals surface area (Å²) in [5, 5.41) is 56.3. The number of rotatable bonds is 5. The SMILES string of the molecule is CCCC1CCC(Cc2ccc3c(c2O)C(O)=C2C(=O)[C@]4(O)C(O)=C(C(N)=O)C(=O)C[C@@H]4[C@@H](O)[C@@H]2[C@H]3C)CC1. The van der Waals surface area contributed by atoms with Crippen LogP contribution in [0.15, 0.2) is 29.0 Å². The summed E-state index contributed by atoms with van der Waals surface area (Å²) < 4.78 is 0. The molecule has 5 atom stereocenters. The molecular weight excluding hydrogens is 502 g/mol. The molecule has 5 rings (SSSR count). The van der Waals surface area contributed by atoms with Crippen molar-refractivity contribution in [2.45, 2.75) is 82.8 Å². The highest BCUT2D eigenvalue weighted by atomic mass is 16.4. The third-order valence-electron chi connectivity index (χ3n) is 9.76. The predicted octanol–water partition coefficient (Wildman–Crippen LogP) is 3.10. The molecule has 4 aliphatic rings. The Morgan fingerprint density at radius 2 is 1.72 bits per heavy atom. The van der Waals surface area contributed by atoms with Crippen LogP contribution in [0.25, 0.3) is 5.76 Å². The van der Waals surface area contributed by atoms with Gasteiger partial charge in [-0.1, -0.05) is 51.7 Å². The van der Waals surface area contributed by atoms with Crippen molar-refractivity contribution in [1.82, 2.24) is 0 Å². The van der Waals surface area contributed by atoms with Crippen molar-refractivity contribution >= 4 is 23.2 Å². The second kappa shape index (κ2) is 9.78. The van der Waals surface area contributed by atoms with E-state index in [2.05, 4.69) is 6.92 Å². The van der Waals surface area contributed by atoms with Gasteiger partial charge in [-0.2, -0.15) is 0 Å². The number of aromatic hydroxyl groups is 1. The highest BCUT2D eigenvalue weighted by Gasteiger charge is 2.64. The summed E-state index contributed by atoms with van der Waals surface area (Å²) in [7, 11) is 0. The number of carbonyl (C=O) groups is 3. The van der Waals surface area contributed by atoms with Gasteiger partial charge in [-0.15, -0.1) is 0 Å². The summed E-state index contributed by atoms with van der Waals surface area (Å²) in [6.45, 7) is 3.93. The summed E-state index contributed by atoms with van der Waals surface area (Å²) in [5.74, 6) is -7.15. The number of carbonyl (C=O) groups excluding carboxylic acids is 3. The molecule has 1 aromatic rings. The van der Waals surface area contributed by atoms with Crippen molar-refractivity contribution in [2.24, 2.45) is 29.4 Å². The molecule has 1 aromatic carbocycles. The van der Waals surface area contributed by atoms with Crippen LogP contribution in [0.3, 0.4) is 0 Å². The van der Waals surface area contributed by atoms with Crippen LogP contribution in [0.4, 0.5) is 0 Å². The zero-order valence-corrected chi connectivity index (χ0v) is 22.3. The molecule has 0 unspecified atom stereocenters. The molecule has 0 aliphatic heterocycles. The molecule has 0 spiro atoms. The lowest BCUT2D eigenvalue weighted by Gasteiger charge is -2.50. The molecule has 9 nitrogen and oxygen atoms in total. The van der Waals surface area contributed by atoms with Gasteiger partial charge in [0.05, 0.1) is 11.7 Å². The molecule has 0 aromatic heterocycles. The van der Waals surface area contributed by atoms with E-state index < -0.39 is 70.4 Å². The number of primary amides is 1. The summed E-state index contributed by atoms with van der Waals surface area (Å²) in [5.41, 5.74) is 2.42. The maximum atomic E-state index is 13.8. The third kappa shape index (κ3) is 4.00. The number of aliphatic hydroxyl groups is 4. The van der Waals surface area contributed by atoms with Gasteiger partial charge >= 0.3 is 0 Å². The molecule has 1 amide bonds. The number of ketones is 2. The highest BCUT2D eigenvalue weighted by Crippen LogP contribution is 2.56. The predicted molar refractivity (Wildman–Crippen MR) is 142 cm³/mol. The summed E-state index contributed by atoms with van der Waals surface area (Å²) in [4.78, 5) is 38.2. The largest absolute Gasteiger partial charge is 0.508 e. The van der Waals surface area contributed by atoms with Crippen LogP contribution in [0.2, 0.25) is 0 Å². The number of fused-ring (bicyclic) bond motifs is 3. The molecule has 210 valence electrons. The Balaban J connectivity index is 1.56. The lowest BCUT2D eigenvalue weighted by atomic mass is 9.55. The fourth-order valence-electron chi connectivity index (χ4n) is 7.65. The molecule has 7 N–H and O–H groups in total. The molecule has 0 radical (unpaired) electrons. The van der Waals surface area contributed by atoms with Gasteiger partial charge in [0, 0.05) is 23.8 Å². The first-order valence-electron chi connectivity index (χ1n) is 13.9. The number of aliphatic hydroxyl groups excluding tert-OH is 3. The molecule has 4 aliphatic carbocycles. The average Bonchev–Trinajstić information content (AvgIpc) is 2.89. The lowest BCUT2D eigenvalue weighted by Crippen LogP contribution is -2.63. The number of Topliss-reactive ketones (excluding diaryl/α,β-unsaturated/α-hetero) is 2. The molecule has 2 fully saturated rings.